The van der Waals surface area contributed by atoms with E-state index in [1.54, 1.807) is 0 Å². The molecule has 21 heavy (non-hydrogen) atoms. The Morgan fingerprint density at radius 2 is 2.05 bits per heavy atom. The second-order valence-corrected chi connectivity index (χ2v) is 6.59. The number of nitrogens with zero attached hydrogens (tertiary/aromatic N) is 1. The van der Waals surface area contributed by atoms with E-state index in [1.165, 1.54) is 18.4 Å². The highest BCUT2D eigenvalue weighted by Gasteiger charge is 2.43. The second kappa shape index (κ2) is 6.61. The average molecular weight is 286 g/mol. The molecule has 3 rings (SSSR count). The first-order chi connectivity index (χ1) is 10.2. The molecule has 114 valence electrons. The molecule has 1 amide bonds. The molecule has 3 heteroatoms. The van der Waals surface area contributed by atoms with E-state index in [0.29, 0.717) is 18.0 Å². The lowest BCUT2D eigenvalue weighted by atomic mass is 9.88. The average Bonchev–Trinajstić information content (AvgIpc) is 3.14. The third-order valence-corrected chi connectivity index (χ3v) is 5.05. The molecule has 2 aliphatic rings. The van der Waals surface area contributed by atoms with Crippen molar-refractivity contribution in [3.05, 3.63) is 35.9 Å². The SMILES string of the molecule is CN(CCCCc1ccccc1)C(=O)C1CC2CCC1N2. The van der Waals surface area contributed by atoms with Crippen molar-refractivity contribution in [2.24, 2.45) is 5.92 Å². The van der Waals surface area contributed by atoms with Crippen molar-refractivity contribution in [2.75, 3.05) is 13.6 Å². The molecule has 2 fully saturated rings. The summed E-state index contributed by atoms with van der Waals surface area (Å²) in [5.41, 5.74) is 1.39. The lowest BCUT2D eigenvalue weighted by molar-refractivity contribution is -0.134. The van der Waals surface area contributed by atoms with Gasteiger partial charge >= 0.3 is 0 Å². The van der Waals surface area contributed by atoms with Crippen LogP contribution in [0, 0.1) is 5.92 Å². The number of nitrogens with one attached hydrogen (secondary N) is 1. The zero-order valence-corrected chi connectivity index (χ0v) is 12.9. The van der Waals surface area contributed by atoms with Crippen LogP contribution in [0.4, 0.5) is 0 Å². The Morgan fingerprint density at radius 1 is 1.24 bits per heavy atom. The fraction of sp³-hybridized carbons (Fsp3) is 0.611. The van der Waals surface area contributed by atoms with E-state index in [0.717, 1.165) is 32.2 Å². The molecule has 2 aliphatic heterocycles. The monoisotopic (exact) mass is 286 g/mol. The van der Waals surface area contributed by atoms with E-state index in [9.17, 15) is 4.79 Å². The van der Waals surface area contributed by atoms with E-state index in [4.69, 9.17) is 0 Å². The van der Waals surface area contributed by atoms with Crippen molar-refractivity contribution in [2.45, 2.75) is 50.6 Å². The summed E-state index contributed by atoms with van der Waals surface area (Å²) in [6.45, 7) is 0.888. The molecule has 0 saturated carbocycles. The van der Waals surface area contributed by atoms with E-state index in [2.05, 4.69) is 35.6 Å². The van der Waals surface area contributed by atoms with Gasteiger partial charge in [-0.3, -0.25) is 4.79 Å². The minimum absolute atomic E-state index is 0.239. The lowest BCUT2D eigenvalue weighted by Gasteiger charge is -2.25. The van der Waals surface area contributed by atoms with Crippen LogP contribution in [0.15, 0.2) is 30.3 Å². The summed E-state index contributed by atoms with van der Waals surface area (Å²) in [6.07, 6.45) is 6.84. The van der Waals surface area contributed by atoms with Gasteiger partial charge < -0.3 is 10.2 Å². The molecule has 3 nitrogen and oxygen atoms in total. The van der Waals surface area contributed by atoms with Gasteiger partial charge in [0.25, 0.3) is 0 Å². The maximum atomic E-state index is 12.5. The minimum Gasteiger partial charge on any atom is -0.345 e. The van der Waals surface area contributed by atoms with Crippen molar-refractivity contribution >= 4 is 5.91 Å². The molecular formula is C18H26N2O. The molecule has 0 aromatic heterocycles. The largest absolute Gasteiger partial charge is 0.345 e. The molecule has 1 N–H and O–H groups in total. The smallest absolute Gasteiger partial charge is 0.227 e. The van der Waals surface area contributed by atoms with Gasteiger partial charge in [-0.1, -0.05) is 30.3 Å². The zero-order chi connectivity index (χ0) is 14.7. The Hall–Kier alpha value is -1.35. The summed E-state index contributed by atoms with van der Waals surface area (Å²) in [5, 5.41) is 3.55. The van der Waals surface area contributed by atoms with E-state index in [-0.39, 0.29) is 5.92 Å². The molecule has 3 atom stereocenters. The summed E-state index contributed by atoms with van der Waals surface area (Å²) in [4.78, 5) is 14.4. The summed E-state index contributed by atoms with van der Waals surface area (Å²) >= 11 is 0. The predicted molar refractivity (Wildman–Crippen MR) is 85.1 cm³/mol. The molecule has 2 saturated heterocycles. The predicted octanol–water partition coefficient (Wildman–Crippen LogP) is 2.61. The Morgan fingerprint density at radius 3 is 2.71 bits per heavy atom. The van der Waals surface area contributed by atoms with Crippen LogP contribution in [0.25, 0.3) is 0 Å². The highest BCUT2D eigenvalue weighted by molar-refractivity contribution is 5.80. The maximum Gasteiger partial charge on any atom is 0.227 e. The molecule has 1 aromatic carbocycles. The number of benzene rings is 1. The van der Waals surface area contributed by atoms with Gasteiger partial charge in [-0.15, -0.1) is 0 Å². The molecule has 0 spiro atoms. The first-order valence-electron chi connectivity index (χ1n) is 8.29. The van der Waals surface area contributed by atoms with Gasteiger partial charge in [-0.2, -0.15) is 0 Å². The van der Waals surface area contributed by atoms with Gasteiger partial charge in [0.2, 0.25) is 5.91 Å². The summed E-state index contributed by atoms with van der Waals surface area (Å²) in [7, 11) is 1.97. The molecule has 0 radical (unpaired) electrons. The van der Waals surface area contributed by atoms with E-state index in [1.807, 2.05) is 11.9 Å². The highest BCUT2D eigenvalue weighted by atomic mass is 16.2. The minimum atomic E-state index is 0.239. The fourth-order valence-corrected chi connectivity index (χ4v) is 3.81. The van der Waals surface area contributed by atoms with Crippen LogP contribution < -0.4 is 5.32 Å². The summed E-state index contributed by atoms with van der Waals surface area (Å²) < 4.78 is 0. The standard InChI is InChI=1S/C18H26N2O/c1-20(12-6-5-9-14-7-3-2-4-8-14)18(21)16-13-15-10-11-17(16)19-15/h2-4,7-8,15-17,19H,5-6,9-13H2,1H3. The number of aryl methyl sites for hydroxylation is 1. The Balaban J connectivity index is 1.38. The van der Waals surface area contributed by atoms with Gasteiger partial charge in [-0.25, -0.2) is 0 Å². The van der Waals surface area contributed by atoms with Crippen LogP contribution in [-0.2, 0) is 11.2 Å². The molecule has 2 heterocycles. The molecule has 3 unspecified atom stereocenters. The van der Waals surface area contributed by atoms with Crippen molar-refractivity contribution in [3.63, 3.8) is 0 Å². The zero-order valence-electron chi connectivity index (χ0n) is 12.9. The van der Waals surface area contributed by atoms with Gasteiger partial charge in [-0.05, 0) is 44.1 Å². The molecule has 1 aromatic rings. The van der Waals surface area contributed by atoms with Crippen LogP contribution in [0.1, 0.15) is 37.7 Å². The van der Waals surface area contributed by atoms with Crippen LogP contribution in [0.3, 0.4) is 0 Å². The van der Waals surface area contributed by atoms with E-state index >= 15 is 0 Å². The molecular weight excluding hydrogens is 260 g/mol. The van der Waals surface area contributed by atoms with Gasteiger partial charge in [0.15, 0.2) is 0 Å². The highest BCUT2D eigenvalue weighted by Crippen LogP contribution is 2.34. The normalized spacial score (nSPS) is 27.0. The number of carbonyl (C=O) groups excluding carboxylic acids is 1. The summed E-state index contributed by atoms with van der Waals surface area (Å²) in [5.74, 6) is 0.595. The van der Waals surface area contributed by atoms with Gasteiger partial charge in [0.1, 0.15) is 0 Å². The Labute approximate surface area is 127 Å². The third kappa shape index (κ3) is 3.46. The number of fused-ring (bicyclic) bond motifs is 2. The number of unbranched alkanes of at least 4 members (excludes halogenated alkanes) is 1. The fourth-order valence-electron chi connectivity index (χ4n) is 3.81. The quantitative estimate of drug-likeness (QED) is 0.815. The number of hydrogen-bond acceptors (Lipinski definition) is 2. The first kappa shape index (κ1) is 14.6. The number of carbonyl (C=O) groups is 1. The third-order valence-electron chi connectivity index (χ3n) is 5.05. The van der Waals surface area contributed by atoms with Gasteiger partial charge in [0, 0.05) is 25.7 Å². The second-order valence-electron chi connectivity index (χ2n) is 6.59. The Kier molecular flexibility index (Phi) is 4.59. The number of hydrogen-bond donors (Lipinski definition) is 1. The topological polar surface area (TPSA) is 32.3 Å². The van der Waals surface area contributed by atoms with Gasteiger partial charge in [0.05, 0.1) is 5.92 Å². The Bertz CT molecular complexity index is 473. The van der Waals surface area contributed by atoms with Crippen molar-refractivity contribution in [1.82, 2.24) is 10.2 Å². The van der Waals surface area contributed by atoms with Crippen molar-refractivity contribution < 1.29 is 4.79 Å². The first-order valence-corrected chi connectivity index (χ1v) is 8.29. The van der Waals surface area contributed by atoms with Crippen LogP contribution in [0.5, 0.6) is 0 Å². The summed E-state index contributed by atoms with van der Waals surface area (Å²) in [6, 6.07) is 11.6. The van der Waals surface area contributed by atoms with Crippen molar-refractivity contribution in [1.29, 1.82) is 0 Å². The number of rotatable bonds is 6. The molecule has 2 bridgehead atoms. The maximum absolute atomic E-state index is 12.5. The molecule has 0 aliphatic carbocycles. The lowest BCUT2D eigenvalue weighted by Crippen LogP contribution is -2.39. The van der Waals surface area contributed by atoms with E-state index < -0.39 is 0 Å². The van der Waals surface area contributed by atoms with Crippen LogP contribution in [0.2, 0.25) is 0 Å². The number of amides is 1. The van der Waals surface area contributed by atoms with Crippen LogP contribution in [-0.4, -0.2) is 36.5 Å². The van der Waals surface area contributed by atoms with Crippen LogP contribution >= 0.6 is 0 Å². The van der Waals surface area contributed by atoms with Crippen molar-refractivity contribution in [3.8, 4) is 0 Å².